The molecule has 0 saturated carbocycles. The van der Waals surface area contributed by atoms with E-state index in [-0.39, 0.29) is 21.7 Å². The van der Waals surface area contributed by atoms with Gasteiger partial charge in [0.15, 0.2) is 11.3 Å². The first-order valence-electron chi connectivity index (χ1n) is 7.22. The Labute approximate surface area is 146 Å². The normalized spacial score (nSPS) is 10.7. The van der Waals surface area contributed by atoms with Crippen LogP contribution in [-0.4, -0.2) is 13.1 Å². The third kappa shape index (κ3) is 3.34. The zero-order chi connectivity index (χ0) is 18.0. The van der Waals surface area contributed by atoms with Crippen molar-refractivity contribution in [3.8, 4) is 5.75 Å². The molecular formula is C18H12ClFO5. The molecule has 3 rings (SSSR count). The second-order valence-corrected chi connectivity index (χ2v) is 5.51. The number of fused-ring (bicyclic) bond motifs is 1. The zero-order valence-electron chi connectivity index (χ0n) is 13.0. The summed E-state index contributed by atoms with van der Waals surface area (Å²) >= 11 is 5.88. The molecule has 7 heteroatoms. The minimum Gasteiger partial charge on any atom is -0.493 e. The number of esters is 1. The zero-order valence-corrected chi connectivity index (χ0v) is 13.8. The fourth-order valence-electron chi connectivity index (χ4n) is 2.31. The number of carbonyl (C=O) groups is 1. The summed E-state index contributed by atoms with van der Waals surface area (Å²) in [5.74, 6) is -1.17. The van der Waals surface area contributed by atoms with Gasteiger partial charge in [0.1, 0.15) is 18.0 Å². The highest BCUT2D eigenvalue weighted by Gasteiger charge is 2.18. The topological polar surface area (TPSA) is 65.7 Å². The predicted octanol–water partition coefficient (Wildman–Crippen LogP) is 3.95. The number of para-hydroxylation sites is 1. The van der Waals surface area contributed by atoms with Gasteiger partial charge in [0.2, 0.25) is 0 Å². The minimum absolute atomic E-state index is 0.0318. The first-order valence-corrected chi connectivity index (χ1v) is 7.60. The van der Waals surface area contributed by atoms with Crippen molar-refractivity contribution in [2.45, 2.75) is 6.61 Å². The Morgan fingerprint density at radius 1 is 1.24 bits per heavy atom. The Bertz CT molecular complexity index is 992. The Kier molecular flexibility index (Phi) is 4.72. The molecule has 0 N–H and O–H groups in total. The molecule has 0 atom stereocenters. The predicted molar refractivity (Wildman–Crippen MR) is 89.6 cm³/mol. The van der Waals surface area contributed by atoms with Gasteiger partial charge in [-0.15, -0.1) is 0 Å². The second kappa shape index (κ2) is 6.94. The number of benzene rings is 2. The highest BCUT2D eigenvalue weighted by Crippen LogP contribution is 2.25. The van der Waals surface area contributed by atoms with Crippen LogP contribution in [0, 0.1) is 5.82 Å². The van der Waals surface area contributed by atoms with Gasteiger partial charge >= 0.3 is 11.6 Å². The van der Waals surface area contributed by atoms with Crippen molar-refractivity contribution in [1.82, 2.24) is 0 Å². The number of halogens is 2. The molecule has 128 valence electrons. The van der Waals surface area contributed by atoms with Crippen LogP contribution in [0.25, 0.3) is 11.0 Å². The molecule has 0 fully saturated rings. The molecule has 0 unspecified atom stereocenters. The molecule has 1 heterocycles. The van der Waals surface area contributed by atoms with Crippen LogP contribution in [0.2, 0.25) is 5.02 Å². The van der Waals surface area contributed by atoms with Crippen LogP contribution in [0.15, 0.2) is 51.7 Å². The summed E-state index contributed by atoms with van der Waals surface area (Å²) in [7, 11) is 1.44. The summed E-state index contributed by atoms with van der Waals surface area (Å²) < 4.78 is 29.0. The van der Waals surface area contributed by atoms with Gasteiger partial charge in [-0.2, -0.15) is 0 Å². The molecule has 3 aromatic rings. The van der Waals surface area contributed by atoms with Crippen LogP contribution in [0.5, 0.6) is 5.75 Å². The number of methoxy groups -OCH3 is 1. The van der Waals surface area contributed by atoms with Crippen LogP contribution in [-0.2, 0) is 11.3 Å². The average Bonchev–Trinajstić information content (AvgIpc) is 2.60. The largest absolute Gasteiger partial charge is 0.493 e. The molecule has 0 amide bonds. The summed E-state index contributed by atoms with van der Waals surface area (Å²) in [6.07, 6.45) is 0. The molecule has 0 radical (unpaired) electrons. The summed E-state index contributed by atoms with van der Waals surface area (Å²) in [5, 5.41) is 0.623. The van der Waals surface area contributed by atoms with Crippen molar-refractivity contribution in [3.05, 3.63) is 74.9 Å². The van der Waals surface area contributed by atoms with E-state index in [1.54, 1.807) is 18.2 Å². The summed E-state index contributed by atoms with van der Waals surface area (Å²) in [5.41, 5.74) is -0.914. The number of hydrogen-bond acceptors (Lipinski definition) is 5. The standard InChI is InChI=1S/C18H12ClFO5/c1-23-15-7-2-4-10-8-11(18(22)25-16(10)15)17(21)24-9-12-13(19)5-3-6-14(12)20/h2-8H,9H2,1H3. The van der Waals surface area contributed by atoms with Crippen LogP contribution < -0.4 is 10.4 Å². The molecule has 0 aliphatic heterocycles. The fraction of sp³-hybridized carbons (Fsp3) is 0.111. The van der Waals surface area contributed by atoms with Gasteiger partial charge in [-0.1, -0.05) is 29.8 Å². The Morgan fingerprint density at radius 2 is 2.00 bits per heavy atom. The maximum atomic E-state index is 13.7. The van der Waals surface area contributed by atoms with Gasteiger partial charge in [-0.3, -0.25) is 0 Å². The first-order chi connectivity index (χ1) is 12.0. The van der Waals surface area contributed by atoms with Crippen LogP contribution in [0.4, 0.5) is 4.39 Å². The highest BCUT2D eigenvalue weighted by molar-refractivity contribution is 6.31. The summed E-state index contributed by atoms with van der Waals surface area (Å²) in [4.78, 5) is 24.2. The van der Waals surface area contributed by atoms with E-state index >= 15 is 0 Å². The van der Waals surface area contributed by atoms with Crippen molar-refractivity contribution in [1.29, 1.82) is 0 Å². The first kappa shape index (κ1) is 17.0. The lowest BCUT2D eigenvalue weighted by Gasteiger charge is -2.08. The molecule has 0 aliphatic carbocycles. The van der Waals surface area contributed by atoms with E-state index < -0.39 is 24.0 Å². The van der Waals surface area contributed by atoms with E-state index in [2.05, 4.69) is 0 Å². The molecule has 0 spiro atoms. The molecule has 0 saturated heterocycles. The Hall–Kier alpha value is -2.86. The van der Waals surface area contributed by atoms with E-state index in [0.717, 1.165) is 0 Å². The molecular weight excluding hydrogens is 351 g/mol. The van der Waals surface area contributed by atoms with Crippen molar-refractivity contribution in [2.75, 3.05) is 7.11 Å². The molecule has 1 aromatic heterocycles. The lowest BCUT2D eigenvalue weighted by atomic mass is 10.1. The lowest BCUT2D eigenvalue weighted by molar-refractivity contribution is 0.0464. The second-order valence-electron chi connectivity index (χ2n) is 5.10. The van der Waals surface area contributed by atoms with Gasteiger partial charge in [0.25, 0.3) is 0 Å². The van der Waals surface area contributed by atoms with Gasteiger partial charge in [-0.25, -0.2) is 14.0 Å². The van der Waals surface area contributed by atoms with E-state index in [9.17, 15) is 14.0 Å². The third-order valence-corrected chi connectivity index (χ3v) is 3.93. The van der Waals surface area contributed by atoms with Gasteiger partial charge in [0.05, 0.1) is 12.1 Å². The van der Waals surface area contributed by atoms with Crippen molar-refractivity contribution >= 4 is 28.5 Å². The van der Waals surface area contributed by atoms with Crippen molar-refractivity contribution in [3.63, 3.8) is 0 Å². The lowest BCUT2D eigenvalue weighted by Crippen LogP contribution is -2.17. The van der Waals surface area contributed by atoms with Crippen LogP contribution in [0.1, 0.15) is 15.9 Å². The van der Waals surface area contributed by atoms with Gasteiger partial charge < -0.3 is 13.9 Å². The Balaban J connectivity index is 1.90. The van der Waals surface area contributed by atoms with Crippen LogP contribution in [0.3, 0.4) is 0 Å². The summed E-state index contributed by atoms with van der Waals surface area (Å²) in [6, 6.07) is 10.4. The molecule has 5 nitrogen and oxygen atoms in total. The van der Waals surface area contributed by atoms with Crippen molar-refractivity contribution < 1.29 is 23.1 Å². The van der Waals surface area contributed by atoms with E-state index in [0.29, 0.717) is 11.1 Å². The molecule has 25 heavy (non-hydrogen) atoms. The maximum Gasteiger partial charge on any atom is 0.351 e. The maximum absolute atomic E-state index is 13.7. The average molecular weight is 363 g/mol. The number of ether oxygens (including phenoxy) is 2. The minimum atomic E-state index is -0.933. The molecule has 2 aromatic carbocycles. The van der Waals surface area contributed by atoms with Crippen molar-refractivity contribution in [2.24, 2.45) is 0 Å². The quantitative estimate of drug-likeness (QED) is 0.519. The van der Waals surface area contributed by atoms with E-state index in [4.69, 9.17) is 25.5 Å². The number of carbonyl (C=O) groups excluding carboxylic acids is 1. The SMILES string of the molecule is COc1cccc2cc(C(=O)OCc3c(F)cccc3Cl)c(=O)oc12. The number of hydrogen-bond donors (Lipinski definition) is 0. The van der Waals surface area contributed by atoms with Gasteiger partial charge in [0, 0.05) is 10.9 Å². The molecule has 0 bridgehead atoms. The fourth-order valence-corrected chi connectivity index (χ4v) is 2.52. The smallest absolute Gasteiger partial charge is 0.351 e. The highest BCUT2D eigenvalue weighted by atomic mass is 35.5. The monoisotopic (exact) mass is 362 g/mol. The van der Waals surface area contributed by atoms with E-state index in [1.165, 1.54) is 31.4 Å². The Morgan fingerprint density at radius 3 is 2.72 bits per heavy atom. The van der Waals surface area contributed by atoms with E-state index in [1.807, 2.05) is 0 Å². The van der Waals surface area contributed by atoms with Crippen LogP contribution >= 0.6 is 11.6 Å². The summed E-state index contributed by atoms with van der Waals surface area (Å²) in [6.45, 7) is -0.403. The molecule has 0 aliphatic rings. The van der Waals surface area contributed by atoms with Gasteiger partial charge in [-0.05, 0) is 24.3 Å². The number of rotatable bonds is 4. The third-order valence-electron chi connectivity index (χ3n) is 3.57.